The average molecular weight is 491 g/mol. The van der Waals surface area contributed by atoms with Crippen molar-refractivity contribution in [3.63, 3.8) is 0 Å². The Morgan fingerprint density at radius 3 is 1.89 bits per heavy atom. The van der Waals surface area contributed by atoms with Crippen LogP contribution in [0.25, 0.3) is 0 Å². The van der Waals surface area contributed by atoms with Crippen molar-refractivity contribution in [2.75, 3.05) is 4.90 Å². The van der Waals surface area contributed by atoms with Crippen LogP contribution in [0.5, 0.6) is 0 Å². The van der Waals surface area contributed by atoms with Gasteiger partial charge in [-0.05, 0) is 6.07 Å². The highest BCUT2D eigenvalue weighted by molar-refractivity contribution is 6.67. The van der Waals surface area contributed by atoms with Crippen LogP contribution in [0.1, 0.15) is 0 Å². The van der Waals surface area contributed by atoms with Crippen molar-refractivity contribution in [3.8, 4) is 0 Å². The second kappa shape index (κ2) is 5.65. The number of amides is 2. The van der Waals surface area contributed by atoms with Gasteiger partial charge in [-0.2, -0.15) is 0 Å². The Kier molecular flexibility index (Phi) is 4.09. The van der Waals surface area contributed by atoms with E-state index in [1.165, 1.54) is 18.2 Å². The Labute approximate surface area is 182 Å². The van der Waals surface area contributed by atoms with E-state index in [4.69, 9.17) is 69.6 Å². The minimum atomic E-state index is -2.02. The van der Waals surface area contributed by atoms with Gasteiger partial charge in [0.25, 0.3) is 5.69 Å². The third kappa shape index (κ3) is 1.97. The molecule has 2 bridgehead atoms. The van der Waals surface area contributed by atoms with Crippen LogP contribution in [0.2, 0.25) is 0 Å². The average Bonchev–Trinajstić information content (AvgIpc) is 2.99. The number of halogens is 6. The number of imide groups is 1. The van der Waals surface area contributed by atoms with E-state index in [0.29, 0.717) is 0 Å². The highest BCUT2D eigenvalue weighted by Gasteiger charge is 2.87. The van der Waals surface area contributed by atoms with Gasteiger partial charge < -0.3 is 0 Å². The molecule has 0 spiro atoms. The third-order valence-electron chi connectivity index (χ3n) is 5.21. The van der Waals surface area contributed by atoms with Crippen LogP contribution in [0.15, 0.2) is 34.3 Å². The highest BCUT2D eigenvalue weighted by Crippen LogP contribution is 2.77. The summed E-state index contributed by atoms with van der Waals surface area (Å²) in [6, 6.07) is 5.03. The van der Waals surface area contributed by atoms with Crippen LogP contribution < -0.4 is 4.90 Å². The van der Waals surface area contributed by atoms with Crippen molar-refractivity contribution < 1.29 is 14.5 Å². The number of non-ortho nitro benzene ring substituents is 1. The van der Waals surface area contributed by atoms with Crippen molar-refractivity contribution in [2.45, 2.75) is 14.1 Å². The van der Waals surface area contributed by atoms with Gasteiger partial charge in [0, 0.05) is 12.1 Å². The van der Waals surface area contributed by atoms with Crippen molar-refractivity contribution in [1.82, 2.24) is 0 Å². The Balaban J connectivity index is 1.89. The number of hydrogen-bond acceptors (Lipinski definition) is 4. The topological polar surface area (TPSA) is 80.5 Å². The van der Waals surface area contributed by atoms with E-state index < -0.39 is 42.7 Å². The molecular weight excluding hydrogens is 485 g/mol. The standard InChI is InChI=1S/C15H6Cl6N2O4/c16-9-10(17)14(19)8-7(13(9,18)15(14,20)21)11(24)22(12(8)25)5-2-1-3-6(4-5)23(26)27/h1-4,7-8H/t7-,8-,13-,14-/m1/s1. The number of carbonyl (C=O) groups excluding carboxylic acids is 2. The summed E-state index contributed by atoms with van der Waals surface area (Å²) in [5.74, 6) is -4.10. The fourth-order valence-electron chi connectivity index (χ4n) is 4.00. The van der Waals surface area contributed by atoms with Crippen molar-refractivity contribution in [3.05, 3.63) is 44.4 Å². The molecular formula is C15H6Cl6N2O4. The van der Waals surface area contributed by atoms with Crippen LogP contribution in [-0.4, -0.2) is 30.8 Å². The molecule has 1 saturated carbocycles. The molecule has 1 saturated heterocycles. The van der Waals surface area contributed by atoms with Gasteiger partial charge in [-0.15, -0.1) is 23.2 Å². The first-order valence-electron chi connectivity index (χ1n) is 7.36. The molecule has 1 heterocycles. The first-order valence-corrected chi connectivity index (χ1v) is 9.63. The molecule has 27 heavy (non-hydrogen) atoms. The monoisotopic (exact) mass is 488 g/mol. The molecule has 142 valence electrons. The summed E-state index contributed by atoms with van der Waals surface area (Å²) in [6.45, 7) is 0. The van der Waals surface area contributed by atoms with Crippen LogP contribution >= 0.6 is 69.6 Å². The van der Waals surface area contributed by atoms with Gasteiger partial charge in [0.15, 0.2) is 4.33 Å². The lowest BCUT2D eigenvalue weighted by molar-refractivity contribution is -0.384. The van der Waals surface area contributed by atoms with Gasteiger partial charge in [-0.1, -0.05) is 52.5 Å². The lowest BCUT2D eigenvalue weighted by Gasteiger charge is -2.34. The van der Waals surface area contributed by atoms with Crippen molar-refractivity contribution >= 4 is 92.8 Å². The summed E-state index contributed by atoms with van der Waals surface area (Å²) in [5, 5.41) is 10.6. The minimum Gasteiger partial charge on any atom is -0.274 e. The molecule has 2 aliphatic carbocycles. The van der Waals surface area contributed by atoms with Gasteiger partial charge in [-0.25, -0.2) is 4.90 Å². The number of carbonyl (C=O) groups is 2. The number of alkyl halides is 4. The smallest absolute Gasteiger partial charge is 0.271 e. The number of anilines is 1. The van der Waals surface area contributed by atoms with E-state index in [1.807, 2.05) is 0 Å². The number of nitro groups is 1. The Bertz CT molecular complexity index is 935. The fourth-order valence-corrected chi connectivity index (χ4v) is 6.92. The number of nitrogens with zero attached hydrogens (tertiary/aromatic N) is 2. The molecule has 4 rings (SSSR count). The summed E-state index contributed by atoms with van der Waals surface area (Å²) in [7, 11) is 0. The zero-order chi connectivity index (χ0) is 20.1. The van der Waals surface area contributed by atoms with Crippen LogP contribution in [0, 0.1) is 22.0 Å². The molecule has 12 heteroatoms. The Morgan fingerprint density at radius 2 is 1.44 bits per heavy atom. The molecule has 4 atom stereocenters. The van der Waals surface area contributed by atoms with E-state index in [0.717, 1.165) is 11.0 Å². The molecule has 0 radical (unpaired) electrons. The number of fused-ring (bicyclic) bond motifs is 5. The quantitative estimate of drug-likeness (QED) is 0.264. The Morgan fingerprint density at radius 1 is 0.963 bits per heavy atom. The lowest BCUT2D eigenvalue weighted by atomic mass is 9.84. The molecule has 0 aromatic heterocycles. The van der Waals surface area contributed by atoms with E-state index >= 15 is 0 Å². The minimum absolute atomic E-state index is 0.00415. The third-order valence-corrected chi connectivity index (χ3v) is 9.47. The first-order chi connectivity index (χ1) is 12.4. The SMILES string of the molecule is O=C1[C@H]2[C@H](C(=O)N1c1cccc([N+](=O)[O-])c1)[C@@]1(Cl)C(Cl)=C(Cl)[C@@]2(Cl)C1(Cl)Cl. The maximum Gasteiger partial charge on any atom is 0.271 e. The zero-order valence-corrected chi connectivity index (χ0v) is 17.3. The van der Waals surface area contributed by atoms with E-state index in [-0.39, 0.29) is 21.4 Å². The maximum absolute atomic E-state index is 13.1. The molecule has 2 amide bonds. The fraction of sp³-hybridized carbons (Fsp3) is 0.333. The largest absolute Gasteiger partial charge is 0.274 e. The molecule has 0 unspecified atom stereocenters. The number of allylic oxidation sites excluding steroid dienone is 2. The maximum atomic E-state index is 13.1. The molecule has 0 N–H and O–H groups in total. The second-order valence-electron chi connectivity index (χ2n) is 6.37. The zero-order valence-electron chi connectivity index (χ0n) is 12.8. The van der Waals surface area contributed by atoms with Crippen LogP contribution in [-0.2, 0) is 9.59 Å². The molecule has 3 aliphatic rings. The molecule has 1 aromatic carbocycles. The van der Waals surface area contributed by atoms with Gasteiger partial charge in [0.05, 0.1) is 32.5 Å². The van der Waals surface area contributed by atoms with Gasteiger partial charge in [0.2, 0.25) is 11.8 Å². The number of hydrogen-bond donors (Lipinski definition) is 0. The lowest BCUT2D eigenvalue weighted by Crippen LogP contribution is -2.50. The summed E-state index contributed by atoms with van der Waals surface area (Å²) in [4.78, 5) is 33.5. The number of nitro benzene ring substituents is 1. The van der Waals surface area contributed by atoms with Crippen molar-refractivity contribution in [2.24, 2.45) is 11.8 Å². The van der Waals surface area contributed by atoms with Gasteiger partial charge in [-0.3, -0.25) is 19.7 Å². The van der Waals surface area contributed by atoms with Crippen molar-refractivity contribution in [1.29, 1.82) is 0 Å². The molecule has 2 fully saturated rings. The second-order valence-corrected chi connectivity index (χ2v) is 9.65. The predicted molar refractivity (Wildman–Crippen MR) is 103 cm³/mol. The van der Waals surface area contributed by atoms with E-state index in [1.54, 1.807) is 0 Å². The highest BCUT2D eigenvalue weighted by atomic mass is 35.5. The molecule has 6 nitrogen and oxygen atoms in total. The summed E-state index contributed by atoms with van der Waals surface area (Å²) in [6.07, 6.45) is 0. The predicted octanol–water partition coefficient (Wildman–Crippen LogP) is 4.55. The normalized spacial score (nSPS) is 36.6. The van der Waals surface area contributed by atoms with Gasteiger partial charge in [0.1, 0.15) is 9.75 Å². The van der Waals surface area contributed by atoms with Crippen LogP contribution in [0.3, 0.4) is 0 Å². The van der Waals surface area contributed by atoms with E-state index in [9.17, 15) is 19.7 Å². The van der Waals surface area contributed by atoms with Gasteiger partial charge >= 0.3 is 0 Å². The first kappa shape index (κ1) is 19.6. The molecule has 1 aliphatic heterocycles. The Hall–Kier alpha value is -0.760. The number of benzene rings is 1. The summed E-state index contributed by atoms with van der Waals surface area (Å²) < 4.78 is -2.02. The number of rotatable bonds is 2. The van der Waals surface area contributed by atoms with E-state index in [2.05, 4.69) is 0 Å². The summed E-state index contributed by atoms with van der Waals surface area (Å²) in [5.41, 5.74) is -0.303. The molecule has 1 aromatic rings. The van der Waals surface area contributed by atoms with Crippen LogP contribution in [0.4, 0.5) is 11.4 Å². The summed E-state index contributed by atoms with van der Waals surface area (Å²) >= 11 is 38.3.